The fourth-order valence-electron chi connectivity index (χ4n) is 4.28. The summed E-state index contributed by atoms with van der Waals surface area (Å²) in [6.45, 7) is 2.25. The van der Waals surface area contributed by atoms with Gasteiger partial charge in [0, 0.05) is 0 Å². The Kier molecular flexibility index (Phi) is 8.27. The molecule has 2 aromatic rings. The lowest BCUT2D eigenvalue weighted by Gasteiger charge is -2.27. The van der Waals surface area contributed by atoms with Crippen molar-refractivity contribution in [2.45, 2.75) is 71.1 Å². The molecular weight excluding hydrogens is 363 g/mol. The van der Waals surface area contributed by atoms with Gasteiger partial charge in [0.15, 0.2) is 0 Å². The first kappa shape index (κ1) is 21.5. The Hall–Kier alpha value is -2.16. The molecule has 29 heavy (non-hydrogen) atoms. The molecule has 1 aliphatic rings. The highest BCUT2D eigenvalue weighted by Crippen LogP contribution is 2.33. The highest BCUT2D eigenvalue weighted by Gasteiger charge is 2.27. The first-order valence-electron chi connectivity index (χ1n) is 11.2. The third-order valence-electron chi connectivity index (χ3n) is 6.15. The summed E-state index contributed by atoms with van der Waals surface area (Å²) in [6.07, 6.45) is 12.2. The number of carbonyl (C=O) groups is 1. The Morgan fingerprint density at radius 3 is 2.07 bits per heavy atom. The van der Waals surface area contributed by atoms with Crippen LogP contribution in [-0.2, 0) is 4.79 Å². The third kappa shape index (κ3) is 6.69. The van der Waals surface area contributed by atoms with Crippen molar-refractivity contribution < 1.29 is 13.9 Å². The maximum atomic E-state index is 13.1. The highest BCUT2D eigenvalue weighted by atomic mass is 19.1. The van der Waals surface area contributed by atoms with E-state index < -0.39 is 0 Å². The van der Waals surface area contributed by atoms with Crippen molar-refractivity contribution >= 4 is 5.97 Å². The molecule has 1 saturated carbocycles. The molecule has 1 aliphatic carbocycles. The van der Waals surface area contributed by atoms with E-state index in [9.17, 15) is 9.18 Å². The summed E-state index contributed by atoms with van der Waals surface area (Å²) in [5.74, 6) is 1.06. The normalized spacial score (nSPS) is 19.1. The fourth-order valence-corrected chi connectivity index (χ4v) is 4.28. The predicted molar refractivity (Wildman–Crippen MR) is 116 cm³/mol. The molecule has 0 unspecified atom stereocenters. The number of rotatable bonds is 9. The molecule has 0 radical (unpaired) electrons. The van der Waals surface area contributed by atoms with E-state index in [0.29, 0.717) is 5.75 Å². The molecule has 0 heterocycles. The minimum absolute atomic E-state index is 0.0307. The van der Waals surface area contributed by atoms with Crippen LogP contribution in [0.3, 0.4) is 0 Å². The molecule has 0 amide bonds. The van der Waals surface area contributed by atoms with Gasteiger partial charge in [0.1, 0.15) is 11.6 Å². The second-order valence-electron chi connectivity index (χ2n) is 8.37. The van der Waals surface area contributed by atoms with Crippen LogP contribution in [0.15, 0.2) is 48.5 Å². The highest BCUT2D eigenvalue weighted by molar-refractivity contribution is 5.75. The van der Waals surface area contributed by atoms with Crippen LogP contribution in [0.25, 0.3) is 11.1 Å². The van der Waals surface area contributed by atoms with Gasteiger partial charge in [0.2, 0.25) is 0 Å². The SMILES string of the molecule is CCCCCCCC1CCC(C(=O)Oc2ccc(-c3ccc(F)cc3)cc2)CC1. The number of halogens is 1. The second-order valence-corrected chi connectivity index (χ2v) is 8.37. The van der Waals surface area contributed by atoms with Gasteiger partial charge >= 0.3 is 5.97 Å². The minimum atomic E-state index is -0.245. The van der Waals surface area contributed by atoms with Gasteiger partial charge in [0.05, 0.1) is 5.92 Å². The Balaban J connectivity index is 1.42. The number of carbonyl (C=O) groups excluding carboxylic acids is 1. The molecule has 0 bridgehead atoms. The summed E-state index contributed by atoms with van der Waals surface area (Å²) in [4.78, 5) is 12.5. The number of hydrogen-bond donors (Lipinski definition) is 0. The quantitative estimate of drug-likeness (QED) is 0.248. The van der Waals surface area contributed by atoms with Crippen LogP contribution in [0.2, 0.25) is 0 Å². The molecule has 3 rings (SSSR count). The minimum Gasteiger partial charge on any atom is -0.426 e. The van der Waals surface area contributed by atoms with Gasteiger partial charge < -0.3 is 4.74 Å². The molecule has 2 aromatic carbocycles. The van der Waals surface area contributed by atoms with Gasteiger partial charge in [0.25, 0.3) is 0 Å². The Morgan fingerprint density at radius 1 is 0.862 bits per heavy atom. The van der Waals surface area contributed by atoms with Crippen LogP contribution in [-0.4, -0.2) is 5.97 Å². The molecule has 0 aromatic heterocycles. The first-order chi connectivity index (χ1) is 14.2. The predicted octanol–water partition coefficient (Wildman–Crippen LogP) is 7.57. The number of unbranched alkanes of at least 4 members (excludes halogenated alkanes) is 4. The van der Waals surface area contributed by atoms with E-state index in [1.807, 2.05) is 24.3 Å². The van der Waals surface area contributed by atoms with Crippen LogP contribution >= 0.6 is 0 Å². The number of ether oxygens (including phenoxy) is 1. The smallest absolute Gasteiger partial charge is 0.314 e. The molecular formula is C26H33FO2. The van der Waals surface area contributed by atoms with E-state index in [4.69, 9.17) is 4.74 Å². The zero-order valence-electron chi connectivity index (χ0n) is 17.5. The van der Waals surface area contributed by atoms with Crippen LogP contribution in [0.4, 0.5) is 4.39 Å². The van der Waals surface area contributed by atoms with E-state index in [2.05, 4.69) is 6.92 Å². The molecule has 3 heteroatoms. The summed E-state index contributed by atoms with van der Waals surface area (Å²) >= 11 is 0. The summed E-state index contributed by atoms with van der Waals surface area (Å²) in [7, 11) is 0. The summed E-state index contributed by atoms with van der Waals surface area (Å²) in [5.41, 5.74) is 1.92. The van der Waals surface area contributed by atoms with Crippen LogP contribution < -0.4 is 4.74 Å². The topological polar surface area (TPSA) is 26.3 Å². The third-order valence-corrected chi connectivity index (χ3v) is 6.15. The van der Waals surface area contributed by atoms with Gasteiger partial charge in [-0.15, -0.1) is 0 Å². The van der Waals surface area contributed by atoms with Gasteiger partial charge in [-0.1, -0.05) is 69.7 Å². The molecule has 0 saturated heterocycles. The maximum absolute atomic E-state index is 13.1. The Labute approximate surface area is 174 Å². The van der Waals surface area contributed by atoms with E-state index in [1.54, 1.807) is 12.1 Å². The Bertz CT molecular complexity index is 743. The van der Waals surface area contributed by atoms with Gasteiger partial charge in [-0.2, -0.15) is 0 Å². The van der Waals surface area contributed by atoms with Crippen LogP contribution in [0, 0.1) is 17.7 Å². The zero-order chi connectivity index (χ0) is 20.5. The number of esters is 1. The molecule has 0 spiro atoms. The van der Waals surface area contributed by atoms with E-state index in [1.165, 1.54) is 50.7 Å². The second kappa shape index (κ2) is 11.1. The standard InChI is InChI=1S/C26H33FO2/c1-2-3-4-5-6-7-20-8-10-23(11-9-20)26(28)29-25-18-14-22(15-19-25)21-12-16-24(27)17-13-21/h12-20,23H,2-11H2,1H3. The van der Waals surface area contributed by atoms with Crippen molar-refractivity contribution in [3.05, 3.63) is 54.3 Å². The largest absolute Gasteiger partial charge is 0.426 e. The van der Waals surface area contributed by atoms with E-state index in [0.717, 1.165) is 42.7 Å². The molecule has 2 nitrogen and oxygen atoms in total. The summed E-state index contributed by atoms with van der Waals surface area (Å²) < 4.78 is 18.7. The van der Waals surface area contributed by atoms with Crippen molar-refractivity contribution in [3.8, 4) is 16.9 Å². The van der Waals surface area contributed by atoms with Gasteiger partial charge in [-0.05, 0) is 67.0 Å². The summed E-state index contributed by atoms with van der Waals surface area (Å²) in [5, 5.41) is 0. The van der Waals surface area contributed by atoms with Gasteiger partial charge in [-0.3, -0.25) is 4.79 Å². The lowest BCUT2D eigenvalue weighted by molar-refractivity contribution is -0.140. The number of hydrogen-bond acceptors (Lipinski definition) is 2. The first-order valence-corrected chi connectivity index (χ1v) is 11.2. The van der Waals surface area contributed by atoms with E-state index >= 15 is 0 Å². The van der Waals surface area contributed by atoms with Crippen molar-refractivity contribution in [1.82, 2.24) is 0 Å². The molecule has 0 aliphatic heterocycles. The van der Waals surface area contributed by atoms with Crippen molar-refractivity contribution in [3.63, 3.8) is 0 Å². The van der Waals surface area contributed by atoms with Gasteiger partial charge in [-0.25, -0.2) is 4.39 Å². The fraction of sp³-hybridized carbons (Fsp3) is 0.500. The number of benzene rings is 2. The van der Waals surface area contributed by atoms with Crippen LogP contribution in [0.5, 0.6) is 5.75 Å². The van der Waals surface area contributed by atoms with Crippen molar-refractivity contribution in [1.29, 1.82) is 0 Å². The van der Waals surface area contributed by atoms with E-state index in [-0.39, 0.29) is 17.7 Å². The Morgan fingerprint density at radius 2 is 1.45 bits per heavy atom. The van der Waals surface area contributed by atoms with Crippen molar-refractivity contribution in [2.75, 3.05) is 0 Å². The summed E-state index contributed by atoms with van der Waals surface area (Å²) in [6, 6.07) is 13.8. The average molecular weight is 397 g/mol. The van der Waals surface area contributed by atoms with Crippen molar-refractivity contribution in [2.24, 2.45) is 11.8 Å². The maximum Gasteiger partial charge on any atom is 0.314 e. The molecule has 156 valence electrons. The zero-order valence-corrected chi connectivity index (χ0v) is 17.5. The molecule has 1 fully saturated rings. The molecule has 0 atom stereocenters. The monoisotopic (exact) mass is 396 g/mol. The van der Waals surface area contributed by atoms with Crippen LogP contribution in [0.1, 0.15) is 71.1 Å². The average Bonchev–Trinajstić information content (AvgIpc) is 2.75. The lowest BCUT2D eigenvalue weighted by atomic mass is 9.80. The lowest BCUT2D eigenvalue weighted by Crippen LogP contribution is -2.25. The molecule has 0 N–H and O–H groups in total.